The van der Waals surface area contributed by atoms with Crippen molar-refractivity contribution in [2.24, 2.45) is 0 Å². The van der Waals surface area contributed by atoms with E-state index >= 15 is 0 Å². The van der Waals surface area contributed by atoms with E-state index in [2.05, 4.69) is 29.7 Å². The number of aliphatic hydroxyl groups excluding tert-OH is 1. The lowest BCUT2D eigenvalue weighted by atomic mass is 10.0. The number of unbranched alkanes of at least 4 members (excludes halogenated alkanes) is 1. The van der Waals surface area contributed by atoms with E-state index in [0.29, 0.717) is 5.02 Å². The smallest absolute Gasteiger partial charge is 0.231 e. The fraction of sp³-hybridized carbons (Fsp3) is 0.423. The third kappa shape index (κ3) is 4.89. The lowest BCUT2D eigenvalue weighted by molar-refractivity contribution is 0.174. The number of aromatic nitrogens is 1. The topological polar surface area (TPSA) is 75.6 Å². The Kier molecular flexibility index (Phi) is 6.97. The summed E-state index contributed by atoms with van der Waals surface area (Å²) in [6, 6.07) is 13.9. The van der Waals surface area contributed by atoms with Gasteiger partial charge in [-0.3, -0.25) is 0 Å². The molecule has 1 aliphatic carbocycles. The molecular weight excluding hydrogens is 470 g/mol. The van der Waals surface area contributed by atoms with Gasteiger partial charge in [-0.05, 0) is 48.6 Å². The van der Waals surface area contributed by atoms with E-state index in [1.807, 2.05) is 36.5 Å². The van der Waals surface area contributed by atoms with Crippen molar-refractivity contribution < 1.29 is 14.6 Å². The molecule has 0 bridgehead atoms. The highest BCUT2D eigenvalue weighted by atomic mass is 35.5. The first-order valence-corrected chi connectivity index (χ1v) is 13.1. The molecule has 0 radical (unpaired) electrons. The van der Waals surface area contributed by atoms with Crippen molar-refractivity contribution in [2.45, 2.75) is 56.7 Å². The van der Waals surface area contributed by atoms with E-state index in [1.165, 1.54) is 5.56 Å². The largest absolute Gasteiger partial charge is 0.454 e. The second-order valence-corrected chi connectivity index (χ2v) is 10.5. The van der Waals surface area contributed by atoms with Crippen LogP contribution in [0.25, 0.3) is 0 Å². The van der Waals surface area contributed by atoms with Gasteiger partial charge in [-0.2, -0.15) is 0 Å². The minimum atomic E-state index is -0.142. The van der Waals surface area contributed by atoms with Crippen LogP contribution in [-0.2, 0) is 5.54 Å². The minimum absolute atomic E-state index is 0.0110. The maximum atomic E-state index is 9.98. The second-order valence-electron chi connectivity index (χ2n) is 8.99. The van der Waals surface area contributed by atoms with Gasteiger partial charge < -0.3 is 25.2 Å². The van der Waals surface area contributed by atoms with Crippen LogP contribution in [0, 0.1) is 0 Å². The van der Waals surface area contributed by atoms with Crippen molar-refractivity contribution >= 4 is 28.1 Å². The number of hydrogen-bond acceptors (Lipinski definition) is 7. The Morgan fingerprint density at radius 2 is 2.00 bits per heavy atom. The number of hydrogen-bond donors (Lipinski definition) is 3. The van der Waals surface area contributed by atoms with Crippen LogP contribution in [0.5, 0.6) is 11.5 Å². The molecule has 2 aromatic carbocycles. The Morgan fingerprint density at radius 1 is 1.18 bits per heavy atom. The first kappa shape index (κ1) is 23.4. The Morgan fingerprint density at radius 3 is 2.76 bits per heavy atom. The maximum absolute atomic E-state index is 9.98. The van der Waals surface area contributed by atoms with Gasteiger partial charge in [0.05, 0.1) is 18.2 Å². The van der Waals surface area contributed by atoms with E-state index in [0.717, 1.165) is 59.2 Å². The zero-order chi connectivity index (χ0) is 23.5. The number of nitrogens with zero attached hydrogens (tertiary/aromatic N) is 1. The maximum Gasteiger partial charge on any atom is 0.231 e. The summed E-state index contributed by atoms with van der Waals surface area (Å²) in [5.74, 6) is 1.60. The molecule has 180 valence electrons. The van der Waals surface area contributed by atoms with Gasteiger partial charge in [0.2, 0.25) is 6.79 Å². The van der Waals surface area contributed by atoms with E-state index in [1.54, 1.807) is 11.3 Å². The first-order chi connectivity index (χ1) is 16.6. The van der Waals surface area contributed by atoms with Crippen molar-refractivity contribution in [2.75, 3.05) is 18.7 Å². The van der Waals surface area contributed by atoms with Crippen molar-refractivity contribution in [1.82, 2.24) is 10.3 Å². The first-order valence-electron chi connectivity index (χ1n) is 11.9. The van der Waals surface area contributed by atoms with Crippen LogP contribution in [-0.4, -0.2) is 29.5 Å². The molecule has 2 aliphatic rings. The number of fused-ring (bicyclic) bond motifs is 1. The molecule has 1 aromatic heterocycles. The summed E-state index contributed by atoms with van der Waals surface area (Å²) >= 11 is 8.22. The summed E-state index contributed by atoms with van der Waals surface area (Å²) in [6.45, 7) is 2.52. The molecule has 1 aliphatic heterocycles. The molecule has 8 heteroatoms. The Bertz CT molecular complexity index is 1130. The number of anilines is 1. The number of nitrogens with one attached hydrogen (secondary N) is 2. The molecule has 0 spiro atoms. The second kappa shape index (κ2) is 10.1. The molecule has 2 heterocycles. The van der Waals surface area contributed by atoms with E-state index in [4.69, 9.17) is 26.1 Å². The zero-order valence-corrected chi connectivity index (χ0v) is 20.8. The number of ether oxygens (including phenoxy) is 2. The standard InChI is InChI=1S/C26H30ClN3O3S/c1-2-3-6-18(15-31)29-24(19-7-4-5-8-20(19)27)23-14-28-25(34-23)30-26(11-12-26)17-9-10-21-22(13-17)33-16-32-21/h4-5,7-10,13-14,18,24,29,31H,2-3,6,11-12,15-16H2,1H3,(H,28,30)/t18-,24?/m0/s1. The molecule has 1 saturated carbocycles. The Hall–Kier alpha value is -2.32. The molecule has 3 aromatic rings. The summed E-state index contributed by atoms with van der Waals surface area (Å²) < 4.78 is 11.0. The van der Waals surface area contributed by atoms with Crippen LogP contribution in [0.15, 0.2) is 48.7 Å². The molecule has 1 fully saturated rings. The van der Waals surface area contributed by atoms with Crippen LogP contribution in [0.3, 0.4) is 0 Å². The van der Waals surface area contributed by atoms with Crippen LogP contribution in [0.4, 0.5) is 5.13 Å². The summed E-state index contributed by atoms with van der Waals surface area (Å²) in [5, 5.41) is 18.9. The summed E-state index contributed by atoms with van der Waals surface area (Å²) in [5.41, 5.74) is 2.05. The number of aliphatic hydroxyl groups is 1. The van der Waals surface area contributed by atoms with E-state index in [9.17, 15) is 5.11 Å². The highest BCUT2D eigenvalue weighted by molar-refractivity contribution is 7.15. The van der Waals surface area contributed by atoms with E-state index < -0.39 is 0 Å². The summed E-state index contributed by atoms with van der Waals surface area (Å²) in [7, 11) is 0. The summed E-state index contributed by atoms with van der Waals surface area (Å²) in [4.78, 5) is 5.78. The van der Waals surface area contributed by atoms with Crippen molar-refractivity contribution in [3.05, 3.63) is 69.7 Å². The van der Waals surface area contributed by atoms with Crippen molar-refractivity contribution in [3.63, 3.8) is 0 Å². The molecule has 0 amide bonds. The zero-order valence-electron chi connectivity index (χ0n) is 19.2. The van der Waals surface area contributed by atoms with Gasteiger partial charge >= 0.3 is 0 Å². The van der Waals surface area contributed by atoms with Gasteiger partial charge in [0, 0.05) is 22.1 Å². The molecule has 2 atom stereocenters. The average Bonchev–Trinajstić information content (AvgIpc) is 3.25. The normalized spacial score (nSPS) is 17.4. The molecule has 34 heavy (non-hydrogen) atoms. The van der Waals surface area contributed by atoms with Crippen LogP contribution in [0.2, 0.25) is 5.02 Å². The molecule has 0 saturated heterocycles. The Labute approximate surface area is 209 Å². The monoisotopic (exact) mass is 499 g/mol. The average molecular weight is 500 g/mol. The van der Waals surface area contributed by atoms with Crippen LogP contribution >= 0.6 is 22.9 Å². The van der Waals surface area contributed by atoms with Gasteiger partial charge in [0.1, 0.15) is 0 Å². The van der Waals surface area contributed by atoms with Gasteiger partial charge in [-0.1, -0.05) is 55.6 Å². The third-order valence-corrected chi connectivity index (χ3v) is 7.90. The molecular formula is C26H30ClN3O3S. The predicted octanol–water partition coefficient (Wildman–Crippen LogP) is 5.86. The molecule has 6 nitrogen and oxygen atoms in total. The fourth-order valence-electron chi connectivity index (χ4n) is 4.44. The number of rotatable bonds is 11. The summed E-state index contributed by atoms with van der Waals surface area (Å²) in [6.07, 6.45) is 7.05. The number of benzene rings is 2. The lowest BCUT2D eigenvalue weighted by Crippen LogP contribution is -2.36. The van der Waals surface area contributed by atoms with Crippen molar-refractivity contribution in [1.29, 1.82) is 0 Å². The lowest BCUT2D eigenvalue weighted by Gasteiger charge is -2.25. The SMILES string of the molecule is CCCC[C@@H](CO)NC(c1cnc(NC2(c3ccc4c(c3)OCO4)CC2)s1)c1ccccc1Cl. The Balaban J connectivity index is 1.38. The van der Waals surface area contributed by atoms with Crippen LogP contribution < -0.4 is 20.1 Å². The highest BCUT2D eigenvalue weighted by Crippen LogP contribution is 2.51. The fourth-order valence-corrected chi connectivity index (χ4v) is 5.67. The van der Waals surface area contributed by atoms with Gasteiger partial charge in [-0.25, -0.2) is 4.98 Å². The molecule has 3 N–H and O–H groups in total. The number of thiazole rings is 1. The number of halogens is 1. The molecule has 5 rings (SSSR count). The quantitative estimate of drug-likeness (QED) is 0.307. The third-order valence-electron chi connectivity index (χ3n) is 6.57. The predicted molar refractivity (Wildman–Crippen MR) is 136 cm³/mol. The van der Waals surface area contributed by atoms with Gasteiger partial charge in [0.25, 0.3) is 0 Å². The van der Waals surface area contributed by atoms with E-state index in [-0.39, 0.29) is 31.0 Å². The van der Waals surface area contributed by atoms with Gasteiger partial charge in [-0.15, -0.1) is 11.3 Å². The molecule has 1 unspecified atom stereocenters. The highest BCUT2D eigenvalue weighted by Gasteiger charge is 2.45. The van der Waals surface area contributed by atoms with Gasteiger partial charge in [0.15, 0.2) is 16.6 Å². The minimum Gasteiger partial charge on any atom is -0.454 e. The van der Waals surface area contributed by atoms with Crippen molar-refractivity contribution in [3.8, 4) is 11.5 Å². The van der Waals surface area contributed by atoms with Crippen LogP contribution in [0.1, 0.15) is 61.1 Å².